The van der Waals surface area contributed by atoms with Crippen LogP contribution in [0.4, 0.5) is 11.5 Å². The number of halogens is 1. The van der Waals surface area contributed by atoms with E-state index in [2.05, 4.69) is 26.8 Å². The average molecular weight is 501 g/mol. The monoisotopic (exact) mass is 500 g/mol. The van der Waals surface area contributed by atoms with Gasteiger partial charge in [0.1, 0.15) is 11.7 Å². The minimum atomic E-state index is -0.463. The zero-order valence-corrected chi connectivity index (χ0v) is 21.5. The quantitative estimate of drug-likeness (QED) is 0.614. The summed E-state index contributed by atoms with van der Waals surface area (Å²) in [5.41, 5.74) is 0.542. The fourth-order valence-electron chi connectivity index (χ4n) is 4.27. The van der Waals surface area contributed by atoms with Gasteiger partial charge in [-0.3, -0.25) is 19.2 Å². The van der Waals surface area contributed by atoms with Crippen LogP contribution in [0.25, 0.3) is 0 Å². The number of nitrogens with zero attached hydrogens (tertiary/aromatic N) is 5. The van der Waals surface area contributed by atoms with E-state index in [1.165, 1.54) is 4.57 Å². The third kappa shape index (κ3) is 5.69. The fourth-order valence-corrected chi connectivity index (χ4v) is 4.40. The maximum Gasteiger partial charge on any atom is 0.330 e. The number of likely N-dealkylation sites (N-methyl/N-ethyl adjacent to an activating group) is 1. The molecular formula is C25H33ClN6O3. The van der Waals surface area contributed by atoms with Crippen molar-refractivity contribution in [2.45, 2.75) is 39.9 Å². The first-order chi connectivity index (χ1) is 16.8. The third-order valence-electron chi connectivity index (χ3n) is 6.65. The Morgan fingerprint density at radius 3 is 2.51 bits per heavy atom. The Morgan fingerprint density at radius 2 is 1.86 bits per heavy atom. The van der Waals surface area contributed by atoms with Crippen molar-refractivity contribution in [3.8, 4) is 0 Å². The van der Waals surface area contributed by atoms with Gasteiger partial charge in [0.05, 0.1) is 5.76 Å². The van der Waals surface area contributed by atoms with Gasteiger partial charge in [-0.1, -0.05) is 23.7 Å². The zero-order chi connectivity index (χ0) is 25.1. The van der Waals surface area contributed by atoms with Gasteiger partial charge in [-0.05, 0) is 51.6 Å². The Bertz CT molecular complexity index is 1230. The number of fused-ring (bicyclic) bond motifs is 1. The van der Waals surface area contributed by atoms with Gasteiger partial charge < -0.3 is 14.5 Å². The number of aliphatic imine (C=N–C) groups is 1. The van der Waals surface area contributed by atoms with Crippen molar-refractivity contribution in [1.29, 1.82) is 0 Å². The first kappa shape index (κ1) is 25.2. The highest BCUT2D eigenvalue weighted by molar-refractivity contribution is 6.30. The van der Waals surface area contributed by atoms with Crippen LogP contribution in [0.15, 0.2) is 50.7 Å². The van der Waals surface area contributed by atoms with Crippen molar-refractivity contribution < 1.29 is 4.74 Å². The molecular weight excluding hydrogens is 468 g/mol. The van der Waals surface area contributed by atoms with Gasteiger partial charge in [0.25, 0.3) is 5.56 Å². The Hall–Kier alpha value is -2.88. The van der Waals surface area contributed by atoms with Crippen LogP contribution in [-0.4, -0.2) is 71.1 Å². The second-order valence-electron chi connectivity index (χ2n) is 9.11. The van der Waals surface area contributed by atoms with E-state index in [9.17, 15) is 9.59 Å². The molecule has 1 unspecified atom stereocenters. The summed E-state index contributed by atoms with van der Waals surface area (Å²) in [6, 6.07) is 7.18. The molecule has 1 aromatic heterocycles. The van der Waals surface area contributed by atoms with Crippen LogP contribution in [0, 0.1) is 0 Å². The zero-order valence-electron chi connectivity index (χ0n) is 20.8. The van der Waals surface area contributed by atoms with Crippen molar-refractivity contribution in [1.82, 2.24) is 19.4 Å². The van der Waals surface area contributed by atoms with Crippen LogP contribution in [0.1, 0.15) is 26.3 Å². The van der Waals surface area contributed by atoms with Gasteiger partial charge in [0.2, 0.25) is 5.90 Å². The van der Waals surface area contributed by atoms with Crippen LogP contribution in [0.2, 0.25) is 5.02 Å². The Morgan fingerprint density at radius 1 is 1.17 bits per heavy atom. The smallest absolute Gasteiger partial charge is 0.330 e. The molecule has 35 heavy (non-hydrogen) atoms. The summed E-state index contributed by atoms with van der Waals surface area (Å²) in [5.74, 6) is 1.34. The molecule has 2 aliphatic heterocycles. The van der Waals surface area contributed by atoms with Crippen LogP contribution in [-0.2, 0) is 17.8 Å². The molecule has 0 bridgehead atoms. The molecule has 3 heterocycles. The molecule has 0 amide bonds. The number of aromatic amines is 1. The second kappa shape index (κ2) is 10.8. The fraction of sp³-hybridized carbons (Fsp3) is 0.480. The van der Waals surface area contributed by atoms with Gasteiger partial charge in [-0.15, -0.1) is 0 Å². The summed E-state index contributed by atoms with van der Waals surface area (Å²) in [4.78, 5) is 40.5. The van der Waals surface area contributed by atoms with Crippen LogP contribution in [0.3, 0.4) is 0 Å². The van der Waals surface area contributed by atoms with Gasteiger partial charge in [0.15, 0.2) is 5.82 Å². The molecule has 0 aliphatic carbocycles. The number of piperazine rings is 1. The normalized spacial score (nSPS) is 19.5. The SMILES string of the molecule is CC=C(C)OC1=Nc2[nH]c(=O)n(CCN3CCN(C)CC3)c(=O)c2N(Cc2ccc(Cl)cc2)C1C. The molecule has 188 valence electrons. The maximum absolute atomic E-state index is 13.7. The summed E-state index contributed by atoms with van der Waals surface area (Å²) in [7, 11) is 2.10. The highest BCUT2D eigenvalue weighted by Crippen LogP contribution is 2.31. The van der Waals surface area contributed by atoms with Crippen LogP contribution < -0.4 is 16.1 Å². The lowest BCUT2D eigenvalue weighted by Crippen LogP contribution is -2.49. The predicted molar refractivity (Wildman–Crippen MR) is 140 cm³/mol. The first-order valence-corrected chi connectivity index (χ1v) is 12.3. The minimum Gasteiger partial charge on any atom is -0.446 e. The summed E-state index contributed by atoms with van der Waals surface area (Å²) in [6.07, 6.45) is 1.84. The van der Waals surface area contributed by atoms with E-state index in [1.807, 2.05) is 56.0 Å². The van der Waals surface area contributed by atoms with Crippen molar-refractivity contribution in [2.24, 2.45) is 4.99 Å². The predicted octanol–water partition coefficient (Wildman–Crippen LogP) is 2.82. The molecule has 2 aliphatic rings. The lowest BCUT2D eigenvalue weighted by Gasteiger charge is -2.35. The highest BCUT2D eigenvalue weighted by Gasteiger charge is 2.33. The molecule has 2 aromatic rings. The highest BCUT2D eigenvalue weighted by atomic mass is 35.5. The van der Waals surface area contributed by atoms with E-state index in [-0.39, 0.29) is 17.4 Å². The second-order valence-corrected chi connectivity index (χ2v) is 9.55. The van der Waals surface area contributed by atoms with E-state index in [1.54, 1.807) is 0 Å². The largest absolute Gasteiger partial charge is 0.446 e. The molecule has 9 nitrogen and oxygen atoms in total. The molecule has 1 saturated heterocycles. The Kier molecular flexibility index (Phi) is 7.78. The average Bonchev–Trinajstić information content (AvgIpc) is 2.83. The molecule has 0 saturated carbocycles. The van der Waals surface area contributed by atoms with E-state index in [0.717, 1.165) is 31.7 Å². The summed E-state index contributed by atoms with van der Waals surface area (Å²) >= 11 is 6.07. The van der Waals surface area contributed by atoms with Crippen LogP contribution in [0.5, 0.6) is 0 Å². The number of rotatable bonds is 6. The number of H-pyrrole nitrogens is 1. The van der Waals surface area contributed by atoms with E-state index in [4.69, 9.17) is 16.3 Å². The van der Waals surface area contributed by atoms with Gasteiger partial charge in [-0.25, -0.2) is 4.79 Å². The number of hydrogen-bond acceptors (Lipinski definition) is 7. The minimum absolute atomic E-state index is 0.224. The Labute approximate surface area is 210 Å². The number of benzene rings is 1. The molecule has 1 fully saturated rings. The molecule has 1 atom stereocenters. The topological polar surface area (TPSA) is 86.2 Å². The number of nitrogens with one attached hydrogen (secondary N) is 1. The van der Waals surface area contributed by atoms with Gasteiger partial charge in [-0.2, -0.15) is 4.99 Å². The van der Waals surface area contributed by atoms with Crippen molar-refractivity contribution in [2.75, 3.05) is 44.7 Å². The van der Waals surface area contributed by atoms with E-state index in [0.29, 0.717) is 42.0 Å². The van der Waals surface area contributed by atoms with Crippen LogP contribution >= 0.6 is 11.6 Å². The molecule has 4 rings (SSSR count). The van der Waals surface area contributed by atoms with Crippen molar-refractivity contribution in [3.05, 3.63) is 67.5 Å². The molecule has 1 N–H and O–H groups in total. The van der Waals surface area contributed by atoms with Gasteiger partial charge in [0, 0.05) is 50.8 Å². The lowest BCUT2D eigenvalue weighted by molar-refractivity contribution is 0.149. The summed E-state index contributed by atoms with van der Waals surface area (Å²) in [5, 5.41) is 0.644. The number of ether oxygens (including phenoxy) is 1. The number of allylic oxidation sites excluding steroid dienone is 2. The van der Waals surface area contributed by atoms with Crippen molar-refractivity contribution in [3.63, 3.8) is 0 Å². The first-order valence-electron chi connectivity index (χ1n) is 11.9. The number of anilines is 1. The van der Waals surface area contributed by atoms with Crippen molar-refractivity contribution >= 4 is 29.0 Å². The Balaban J connectivity index is 1.70. The molecule has 1 aromatic carbocycles. The van der Waals surface area contributed by atoms with E-state index >= 15 is 0 Å². The lowest BCUT2D eigenvalue weighted by atomic mass is 10.1. The summed E-state index contributed by atoms with van der Waals surface area (Å²) < 4.78 is 7.24. The maximum atomic E-state index is 13.7. The molecule has 0 radical (unpaired) electrons. The number of aromatic nitrogens is 2. The van der Waals surface area contributed by atoms with Gasteiger partial charge >= 0.3 is 5.69 Å². The standard InChI is InChI=1S/C25H33ClN6O3/c1-5-17(2)35-23-18(3)32(16-19-6-8-20(26)9-7-19)21-22(27-23)28-25(34)31(24(21)33)15-14-30-12-10-29(4)11-13-30/h5-9,18H,10-16H2,1-4H3,(H,28,34). The third-order valence-corrected chi connectivity index (χ3v) is 6.90. The molecule has 0 spiro atoms. The summed E-state index contributed by atoms with van der Waals surface area (Å²) in [6.45, 7) is 10.8. The number of hydrogen-bond donors (Lipinski definition) is 1. The molecule has 10 heteroatoms. The van der Waals surface area contributed by atoms with E-state index < -0.39 is 5.69 Å².